The number of nitrogens with one attached hydrogen (secondary N) is 1. The molecule has 2 rings (SSSR count). The molecule has 94 valence electrons. The van der Waals surface area contributed by atoms with E-state index in [1.54, 1.807) is 0 Å². The minimum absolute atomic E-state index is 0.296. The average molecular weight is 235 g/mol. The van der Waals surface area contributed by atoms with E-state index in [1.165, 1.54) is 5.56 Å². The molecule has 1 fully saturated rings. The van der Waals surface area contributed by atoms with Crippen molar-refractivity contribution < 1.29 is 9.47 Å². The molecule has 0 amide bonds. The summed E-state index contributed by atoms with van der Waals surface area (Å²) in [4.78, 5) is 0. The third-order valence-electron chi connectivity index (χ3n) is 3.10. The number of ether oxygens (including phenoxy) is 2. The van der Waals surface area contributed by atoms with Crippen molar-refractivity contribution in [2.45, 2.75) is 32.4 Å². The van der Waals surface area contributed by atoms with Gasteiger partial charge in [-0.15, -0.1) is 0 Å². The fraction of sp³-hybridized carbons (Fsp3) is 0.571. The summed E-state index contributed by atoms with van der Waals surface area (Å²) in [7, 11) is 0. The predicted molar refractivity (Wildman–Crippen MR) is 68.4 cm³/mol. The number of benzene rings is 1. The molecule has 1 heterocycles. The summed E-state index contributed by atoms with van der Waals surface area (Å²) in [6, 6.07) is 8.99. The maximum Gasteiger partial charge on any atom is 0.124 e. The fourth-order valence-electron chi connectivity index (χ4n) is 2.23. The van der Waals surface area contributed by atoms with E-state index in [0.717, 1.165) is 25.4 Å². The first-order chi connectivity index (χ1) is 8.31. The maximum atomic E-state index is 5.65. The van der Waals surface area contributed by atoms with Gasteiger partial charge in [0, 0.05) is 24.3 Å². The zero-order chi connectivity index (χ0) is 12.1. The summed E-state index contributed by atoms with van der Waals surface area (Å²) >= 11 is 0. The maximum absolute atomic E-state index is 5.65. The van der Waals surface area contributed by atoms with Crippen LogP contribution < -0.4 is 10.1 Å². The Morgan fingerprint density at radius 1 is 1.47 bits per heavy atom. The van der Waals surface area contributed by atoms with Crippen LogP contribution in [0, 0.1) is 0 Å². The first kappa shape index (κ1) is 12.4. The van der Waals surface area contributed by atoms with Crippen molar-refractivity contribution in [1.29, 1.82) is 0 Å². The minimum Gasteiger partial charge on any atom is -0.494 e. The summed E-state index contributed by atoms with van der Waals surface area (Å²) in [5.41, 5.74) is 1.22. The highest BCUT2D eigenvalue weighted by Gasteiger charge is 2.19. The van der Waals surface area contributed by atoms with Crippen LogP contribution in [0.3, 0.4) is 0 Å². The smallest absolute Gasteiger partial charge is 0.124 e. The predicted octanol–water partition coefficient (Wildman–Crippen LogP) is 2.52. The molecule has 0 aliphatic carbocycles. The van der Waals surface area contributed by atoms with Crippen molar-refractivity contribution in [3.8, 4) is 5.75 Å². The molecule has 2 unspecified atom stereocenters. The van der Waals surface area contributed by atoms with E-state index in [9.17, 15) is 0 Å². The van der Waals surface area contributed by atoms with Gasteiger partial charge in [-0.25, -0.2) is 0 Å². The van der Waals surface area contributed by atoms with Gasteiger partial charge in [0.25, 0.3) is 0 Å². The Kier molecular flexibility index (Phi) is 4.40. The van der Waals surface area contributed by atoms with E-state index in [0.29, 0.717) is 18.7 Å². The lowest BCUT2D eigenvalue weighted by atomic mass is 10.1. The lowest BCUT2D eigenvalue weighted by Gasteiger charge is -2.21. The van der Waals surface area contributed by atoms with Gasteiger partial charge in [0.1, 0.15) is 5.75 Å². The summed E-state index contributed by atoms with van der Waals surface area (Å²) in [6.45, 7) is 6.59. The van der Waals surface area contributed by atoms with Crippen molar-refractivity contribution in [3.05, 3.63) is 29.8 Å². The zero-order valence-corrected chi connectivity index (χ0v) is 10.6. The van der Waals surface area contributed by atoms with Gasteiger partial charge in [-0.05, 0) is 26.3 Å². The number of hydrogen-bond donors (Lipinski definition) is 1. The normalized spacial score (nSPS) is 21.4. The minimum atomic E-state index is 0.296. The summed E-state index contributed by atoms with van der Waals surface area (Å²) in [6.07, 6.45) is 1.10. The van der Waals surface area contributed by atoms with Gasteiger partial charge in [0.15, 0.2) is 0 Å². The highest BCUT2D eigenvalue weighted by molar-refractivity contribution is 5.35. The molecule has 1 aromatic carbocycles. The molecule has 0 saturated carbocycles. The Bertz CT molecular complexity index is 348. The summed E-state index contributed by atoms with van der Waals surface area (Å²) in [5, 5.41) is 3.59. The largest absolute Gasteiger partial charge is 0.494 e. The lowest BCUT2D eigenvalue weighted by Crippen LogP contribution is -2.31. The van der Waals surface area contributed by atoms with Crippen molar-refractivity contribution in [2.24, 2.45) is 0 Å². The third-order valence-corrected chi connectivity index (χ3v) is 3.10. The first-order valence-electron chi connectivity index (χ1n) is 6.36. The Labute approximate surface area is 103 Å². The highest BCUT2D eigenvalue weighted by atomic mass is 16.5. The molecular weight excluding hydrogens is 214 g/mol. The van der Waals surface area contributed by atoms with Crippen LogP contribution in [-0.4, -0.2) is 25.9 Å². The molecule has 0 bridgehead atoms. The SMILES string of the molecule is CCOc1ccccc1C(C)NC1CCOC1. The highest BCUT2D eigenvalue weighted by Crippen LogP contribution is 2.25. The van der Waals surface area contributed by atoms with Gasteiger partial charge in [0.2, 0.25) is 0 Å². The molecule has 1 aliphatic heterocycles. The van der Waals surface area contributed by atoms with Gasteiger partial charge < -0.3 is 14.8 Å². The first-order valence-corrected chi connectivity index (χ1v) is 6.36. The number of hydrogen-bond acceptors (Lipinski definition) is 3. The van der Waals surface area contributed by atoms with Crippen molar-refractivity contribution in [2.75, 3.05) is 19.8 Å². The molecule has 0 spiro atoms. The molecule has 3 heteroatoms. The Morgan fingerprint density at radius 3 is 3.00 bits per heavy atom. The van der Waals surface area contributed by atoms with Crippen LogP contribution in [0.2, 0.25) is 0 Å². The topological polar surface area (TPSA) is 30.5 Å². The number of rotatable bonds is 5. The van der Waals surface area contributed by atoms with Crippen LogP contribution >= 0.6 is 0 Å². The molecule has 1 N–H and O–H groups in total. The van der Waals surface area contributed by atoms with E-state index in [1.807, 2.05) is 19.1 Å². The van der Waals surface area contributed by atoms with E-state index >= 15 is 0 Å². The Hall–Kier alpha value is -1.06. The quantitative estimate of drug-likeness (QED) is 0.850. The van der Waals surface area contributed by atoms with Crippen LogP contribution in [0.5, 0.6) is 5.75 Å². The Balaban J connectivity index is 2.03. The zero-order valence-electron chi connectivity index (χ0n) is 10.6. The second-order valence-electron chi connectivity index (χ2n) is 4.42. The van der Waals surface area contributed by atoms with Crippen molar-refractivity contribution in [1.82, 2.24) is 5.32 Å². The third kappa shape index (κ3) is 3.20. The monoisotopic (exact) mass is 235 g/mol. The standard InChI is InChI=1S/C14H21NO2/c1-3-17-14-7-5-4-6-13(14)11(2)15-12-8-9-16-10-12/h4-7,11-12,15H,3,8-10H2,1-2H3. The number of para-hydroxylation sites is 1. The van der Waals surface area contributed by atoms with Crippen LogP contribution in [-0.2, 0) is 4.74 Å². The fourth-order valence-corrected chi connectivity index (χ4v) is 2.23. The molecule has 3 nitrogen and oxygen atoms in total. The average Bonchev–Trinajstić information content (AvgIpc) is 2.83. The summed E-state index contributed by atoms with van der Waals surface area (Å²) in [5.74, 6) is 0.980. The van der Waals surface area contributed by atoms with Crippen LogP contribution in [0.4, 0.5) is 0 Å². The van der Waals surface area contributed by atoms with Crippen LogP contribution in [0.25, 0.3) is 0 Å². The van der Waals surface area contributed by atoms with Gasteiger partial charge >= 0.3 is 0 Å². The van der Waals surface area contributed by atoms with E-state index < -0.39 is 0 Å². The molecule has 1 aliphatic rings. The Morgan fingerprint density at radius 2 is 2.29 bits per heavy atom. The van der Waals surface area contributed by atoms with E-state index in [4.69, 9.17) is 9.47 Å². The van der Waals surface area contributed by atoms with Crippen molar-refractivity contribution >= 4 is 0 Å². The lowest BCUT2D eigenvalue weighted by molar-refractivity contribution is 0.188. The van der Waals surface area contributed by atoms with E-state index in [2.05, 4.69) is 24.4 Å². The molecule has 17 heavy (non-hydrogen) atoms. The van der Waals surface area contributed by atoms with Gasteiger partial charge in [-0.2, -0.15) is 0 Å². The molecule has 0 aromatic heterocycles. The van der Waals surface area contributed by atoms with Gasteiger partial charge in [-0.1, -0.05) is 18.2 Å². The molecule has 1 aromatic rings. The van der Waals surface area contributed by atoms with Gasteiger partial charge in [0.05, 0.1) is 13.2 Å². The van der Waals surface area contributed by atoms with Crippen LogP contribution in [0.15, 0.2) is 24.3 Å². The van der Waals surface area contributed by atoms with Crippen molar-refractivity contribution in [3.63, 3.8) is 0 Å². The summed E-state index contributed by atoms with van der Waals surface area (Å²) < 4.78 is 11.0. The molecule has 0 radical (unpaired) electrons. The second kappa shape index (κ2) is 6.03. The second-order valence-corrected chi connectivity index (χ2v) is 4.42. The molecular formula is C14H21NO2. The molecule has 2 atom stereocenters. The van der Waals surface area contributed by atoms with Gasteiger partial charge in [-0.3, -0.25) is 0 Å². The molecule has 1 saturated heterocycles. The van der Waals surface area contributed by atoms with Crippen LogP contribution in [0.1, 0.15) is 31.9 Å². The van der Waals surface area contributed by atoms with E-state index in [-0.39, 0.29) is 0 Å².